The normalized spacial score (nSPS) is 17.0. The summed E-state index contributed by atoms with van der Waals surface area (Å²) in [5.74, 6) is 0.636. The van der Waals surface area contributed by atoms with Gasteiger partial charge >= 0.3 is 0 Å². The topological polar surface area (TPSA) is 87.6 Å². The van der Waals surface area contributed by atoms with Crippen molar-refractivity contribution >= 4 is 34.3 Å². The third-order valence-electron chi connectivity index (χ3n) is 7.28. The number of aromatic nitrogens is 3. The zero-order chi connectivity index (χ0) is 28.9. The number of dihydropyridines is 1. The predicted molar refractivity (Wildman–Crippen MR) is 169 cm³/mol. The number of ether oxygens (including phenoxy) is 1. The molecule has 1 aromatic carbocycles. The fourth-order valence-corrected chi connectivity index (χ4v) is 5.27. The second-order valence-corrected chi connectivity index (χ2v) is 10.5. The van der Waals surface area contributed by atoms with E-state index >= 15 is 0 Å². The van der Waals surface area contributed by atoms with Crippen LogP contribution in [0, 0.1) is 0 Å². The molecule has 2 aliphatic rings. The van der Waals surface area contributed by atoms with Crippen LogP contribution in [0.15, 0.2) is 89.9 Å². The number of isothiocyanates is 1. The molecule has 8 nitrogen and oxygen atoms in total. The van der Waals surface area contributed by atoms with Crippen molar-refractivity contribution in [1.29, 1.82) is 0 Å². The fourth-order valence-electron chi connectivity index (χ4n) is 5.17. The summed E-state index contributed by atoms with van der Waals surface area (Å²) < 4.78 is 5.49. The van der Waals surface area contributed by atoms with Crippen molar-refractivity contribution in [2.75, 3.05) is 27.2 Å². The number of hydrogen-bond donors (Lipinski definition) is 2. The summed E-state index contributed by atoms with van der Waals surface area (Å²) >= 11 is 4.89. The monoisotopic (exact) mass is 573 g/mol. The van der Waals surface area contributed by atoms with Crippen LogP contribution in [0.25, 0.3) is 22.7 Å². The smallest absolute Gasteiger partial charge is 0.145 e. The van der Waals surface area contributed by atoms with Crippen LogP contribution in [-0.4, -0.2) is 52.3 Å². The summed E-state index contributed by atoms with van der Waals surface area (Å²) in [7, 11) is 3.73. The number of fused-ring (bicyclic) bond motifs is 11. The molecule has 0 fully saturated rings. The van der Waals surface area contributed by atoms with Gasteiger partial charge in [0, 0.05) is 26.2 Å². The molecular weight excluding hydrogens is 542 g/mol. The summed E-state index contributed by atoms with van der Waals surface area (Å²) in [6.07, 6.45) is 4.29. The van der Waals surface area contributed by atoms with E-state index in [1.807, 2.05) is 48.5 Å². The summed E-state index contributed by atoms with van der Waals surface area (Å²) in [5.41, 5.74) is 8.91. The molecule has 1 unspecified atom stereocenters. The van der Waals surface area contributed by atoms with E-state index in [1.165, 1.54) is 0 Å². The van der Waals surface area contributed by atoms with Crippen LogP contribution in [-0.2, 0) is 13.1 Å². The van der Waals surface area contributed by atoms with Crippen molar-refractivity contribution in [1.82, 2.24) is 30.5 Å². The van der Waals surface area contributed by atoms with Gasteiger partial charge in [-0.25, -0.2) is 15.0 Å². The second-order valence-electron chi connectivity index (χ2n) is 10.3. The number of nitrogens with zero attached hydrogens (tertiary/aromatic N) is 5. The SMILES string of the molecule is COc1ccc(C2=CC3NC(=C2)c2cccc(n2)CNCCN(C)Cc2cccc(n2)-c2cccc3n2)cc1N=C=S. The summed E-state index contributed by atoms with van der Waals surface area (Å²) in [6, 6.07) is 24.0. The molecule has 210 valence electrons. The number of methoxy groups -OCH3 is 1. The van der Waals surface area contributed by atoms with Gasteiger partial charge in [0.2, 0.25) is 0 Å². The molecule has 5 heterocycles. The Kier molecular flexibility index (Phi) is 8.26. The van der Waals surface area contributed by atoms with Crippen molar-refractivity contribution in [3.05, 3.63) is 113 Å². The van der Waals surface area contributed by atoms with Gasteiger partial charge in [0.05, 0.1) is 58.2 Å². The Morgan fingerprint density at radius 1 is 0.952 bits per heavy atom. The number of rotatable bonds is 3. The van der Waals surface area contributed by atoms with E-state index in [-0.39, 0.29) is 6.04 Å². The molecule has 2 N–H and O–H groups in total. The molecule has 0 saturated carbocycles. The molecule has 8 bridgehead atoms. The van der Waals surface area contributed by atoms with Gasteiger partial charge in [-0.1, -0.05) is 24.3 Å². The maximum absolute atomic E-state index is 5.49. The minimum atomic E-state index is -0.212. The number of pyridine rings is 3. The van der Waals surface area contributed by atoms with Crippen molar-refractivity contribution in [2.24, 2.45) is 4.99 Å². The van der Waals surface area contributed by atoms with Gasteiger partial charge in [0.1, 0.15) is 11.4 Å². The van der Waals surface area contributed by atoms with E-state index in [9.17, 15) is 0 Å². The highest BCUT2D eigenvalue weighted by Gasteiger charge is 2.21. The second kappa shape index (κ2) is 12.5. The number of benzene rings is 1. The van der Waals surface area contributed by atoms with Gasteiger partial charge < -0.3 is 15.4 Å². The molecule has 42 heavy (non-hydrogen) atoms. The van der Waals surface area contributed by atoms with Gasteiger partial charge in [-0.2, -0.15) is 4.99 Å². The molecule has 0 aliphatic carbocycles. The first-order chi connectivity index (χ1) is 20.6. The highest BCUT2D eigenvalue weighted by Crippen LogP contribution is 2.36. The lowest BCUT2D eigenvalue weighted by atomic mass is 9.95. The van der Waals surface area contributed by atoms with Crippen LogP contribution in [0.2, 0.25) is 0 Å². The Hall–Kier alpha value is -4.53. The van der Waals surface area contributed by atoms with Crippen LogP contribution < -0.4 is 15.4 Å². The van der Waals surface area contributed by atoms with E-state index in [0.717, 1.165) is 70.6 Å². The molecule has 6 rings (SSSR count). The lowest BCUT2D eigenvalue weighted by Crippen LogP contribution is -2.29. The van der Waals surface area contributed by atoms with E-state index in [2.05, 4.69) is 69.2 Å². The van der Waals surface area contributed by atoms with Crippen molar-refractivity contribution < 1.29 is 4.74 Å². The minimum absolute atomic E-state index is 0.212. The van der Waals surface area contributed by atoms with Crippen LogP contribution in [0.3, 0.4) is 0 Å². The van der Waals surface area contributed by atoms with Crippen LogP contribution in [0.5, 0.6) is 5.75 Å². The van der Waals surface area contributed by atoms with Crippen LogP contribution in [0.1, 0.15) is 34.4 Å². The van der Waals surface area contributed by atoms with Crippen LogP contribution >= 0.6 is 12.2 Å². The zero-order valence-corrected chi connectivity index (χ0v) is 24.4. The number of allylic oxidation sites excluding steroid dienone is 2. The zero-order valence-electron chi connectivity index (χ0n) is 23.5. The Morgan fingerprint density at radius 3 is 2.55 bits per heavy atom. The minimum Gasteiger partial charge on any atom is -0.494 e. The summed E-state index contributed by atoms with van der Waals surface area (Å²) in [4.78, 5) is 21.5. The lowest BCUT2D eigenvalue weighted by Gasteiger charge is -2.25. The molecule has 4 aromatic rings. The van der Waals surface area contributed by atoms with E-state index < -0.39 is 0 Å². The Bertz CT molecular complexity index is 1730. The number of aliphatic imine (C=N–C) groups is 1. The van der Waals surface area contributed by atoms with Gasteiger partial charge in [0.15, 0.2) is 0 Å². The standard InChI is InChI=1S/C33H31N7OS/c1-40-15-14-34-19-24-6-3-9-28(36-24)30-17-23(22-12-13-33(41-2)32(16-22)35-21-42)18-31(39-30)29-11-5-10-27(38-29)26-8-4-7-25(20-40)37-26/h3-13,16-18,31,34,39H,14-15,19-20H2,1-2H3. The summed E-state index contributed by atoms with van der Waals surface area (Å²) in [6.45, 7) is 3.16. The number of nitrogens with one attached hydrogen (secondary N) is 2. The van der Waals surface area contributed by atoms with Crippen molar-refractivity contribution in [3.8, 4) is 17.1 Å². The molecular formula is C33H31N7OS. The number of likely N-dealkylation sites (N-methyl/N-ethyl adjacent to an activating group) is 1. The lowest BCUT2D eigenvalue weighted by molar-refractivity contribution is 0.320. The first-order valence-electron chi connectivity index (χ1n) is 13.8. The quantitative estimate of drug-likeness (QED) is 0.243. The highest BCUT2D eigenvalue weighted by atomic mass is 32.1. The largest absolute Gasteiger partial charge is 0.494 e. The predicted octanol–water partition coefficient (Wildman–Crippen LogP) is 5.59. The van der Waals surface area contributed by atoms with Crippen molar-refractivity contribution in [3.63, 3.8) is 0 Å². The molecule has 0 spiro atoms. The molecule has 0 radical (unpaired) electrons. The van der Waals surface area contributed by atoms with Gasteiger partial charge in [-0.3, -0.25) is 4.90 Å². The molecule has 0 saturated heterocycles. The number of thiocarbonyl (C=S) groups is 1. The fraction of sp³-hybridized carbons (Fsp3) is 0.212. The third-order valence-corrected chi connectivity index (χ3v) is 7.38. The first kappa shape index (κ1) is 27.6. The molecule has 9 heteroatoms. The Morgan fingerprint density at radius 2 is 1.71 bits per heavy atom. The Balaban J connectivity index is 1.48. The summed E-state index contributed by atoms with van der Waals surface area (Å²) in [5, 5.41) is 9.69. The number of hydrogen-bond acceptors (Lipinski definition) is 9. The molecule has 3 aromatic heterocycles. The van der Waals surface area contributed by atoms with Gasteiger partial charge in [-0.05, 0) is 91.1 Å². The highest BCUT2D eigenvalue weighted by molar-refractivity contribution is 7.78. The first-order valence-corrected chi connectivity index (χ1v) is 14.3. The Labute approximate surface area is 250 Å². The van der Waals surface area contributed by atoms with Crippen molar-refractivity contribution in [2.45, 2.75) is 19.1 Å². The molecule has 0 amide bonds. The van der Waals surface area contributed by atoms with Gasteiger partial charge in [0.25, 0.3) is 0 Å². The van der Waals surface area contributed by atoms with E-state index in [1.54, 1.807) is 7.11 Å². The maximum Gasteiger partial charge on any atom is 0.145 e. The third kappa shape index (κ3) is 6.20. The van der Waals surface area contributed by atoms with E-state index in [0.29, 0.717) is 18.0 Å². The maximum atomic E-state index is 5.49. The van der Waals surface area contributed by atoms with Crippen LogP contribution in [0.4, 0.5) is 5.69 Å². The molecule has 1 atom stereocenters. The average Bonchev–Trinajstić information content (AvgIpc) is 3.03. The van der Waals surface area contributed by atoms with Gasteiger partial charge in [-0.15, -0.1) is 0 Å². The average molecular weight is 574 g/mol. The molecule has 2 aliphatic heterocycles. The van der Waals surface area contributed by atoms with E-state index in [4.69, 9.17) is 31.9 Å².